The van der Waals surface area contributed by atoms with E-state index in [9.17, 15) is 13.2 Å². The first-order valence-corrected chi connectivity index (χ1v) is 8.16. The SMILES string of the molecule is [CH2+]C(/C=C(\Cl)S(=O)(=O)CC)CCC(=O)OC(C)(C)C. The zero-order chi connectivity index (χ0) is 15.3. The molecule has 0 saturated heterocycles. The van der Waals surface area contributed by atoms with Gasteiger partial charge in [0.25, 0.3) is 0 Å². The summed E-state index contributed by atoms with van der Waals surface area (Å²) in [6.07, 6.45) is 1.94. The minimum Gasteiger partial charge on any atom is -0.460 e. The van der Waals surface area contributed by atoms with E-state index >= 15 is 0 Å². The Morgan fingerprint density at radius 3 is 2.37 bits per heavy atom. The zero-order valence-electron chi connectivity index (χ0n) is 11.9. The molecule has 0 aromatic rings. The second-order valence-electron chi connectivity index (χ2n) is 5.26. The fraction of sp³-hybridized carbons (Fsp3) is 0.692. The number of esters is 1. The largest absolute Gasteiger partial charge is 0.460 e. The van der Waals surface area contributed by atoms with Crippen LogP contribution in [0.25, 0.3) is 0 Å². The molecular formula is C13H22ClO4S+. The fourth-order valence-electron chi connectivity index (χ4n) is 1.21. The Kier molecular flexibility index (Phi) is 6.94. The van der Waals surface area contributed by atoms with Gasteiger partial charge in [0.05, 0.1) is 19.1 Å². The van der Waals surface area contributed by atoms with Crippen LogP contribution < -0.4 is 0 Å². The minimum absolute atomic E-state index is 0.0544. The third-order valence-electron chi connectivity index (χ3n) is 2.18. The fourth-order valence-corrected chi connectivity index (χ4v) is 2.39. The molecule has 4 nitrogen and oxygen atoms in total. The highest BCUT2D eigenvalue weighted by Crippen LogP contribution is 2.19. The van der Waals surface area contributed by atoms with E-state index in [4.69, 9.17) is 16.3 Å². The molecule has 0 radical (unpaired) electrons. The molecule has 6 heteroatoms. The molecule has 0 saturated carbocycles. The van der Waals surface area contributed by atoms with E-state index in [-0.39, 0.29) is 28.4 Å². The standard InChI is InChI=1S/C13H22ClO4S/c1-6-19(16,17)11(14)9-10(2)7-8-12(15)18-13(3,4)5/h9-10H,2,6-8H2,1,3-5H3/q+1/b11-9+. The number of sulfone groups is 1. The van der Waals surface area contributed by atoms with Gasteiger partial charge in [0, 0.05) is 6.42 Å². The molecular weight excluding hydrogens is 288 g/mol. The molecule has 1 unspecified atom stereocenters. The van der Waals surface area contributed by atoms with Crippen LogP contribution in [0.5, 0.6) is 0 Å². The Balaban J connectivity index is 4.38. The van der Waals surface area contributed by atoms with Crippen molar-refractivity contribution < 1.29 is 17.9 Å². The molecule has 0 bridgehead atoms. The normalized spacial score (nSPS) is 15.1. The van der Waals surface area contributed by atoms with Crippen molar-refractivity contribution in [1.29, 1.82) is 0 Å². The minimum atomic E-state index is -3.39. The van der Waals surface area contributed by atoms with Crippen LogP contribution >= 0.6 is 11.6 Å². The predicted octanol–water partition coefficient (Wildman–Crippen LogP) is 3.07. The van der Waals surface area contributed by atoms with Crippen molar-refractivity contribution in [3.63, 3.8) is 0 Å². The molecule has 0 aliphatic heterocycles. The van der Waals surface area contributed by atoms with Crippen LogP contribution in [-0.2, 0) is 19.4 Å². The van der Waals surface area contributed by atoms with Gasteiger partial charge in [0.15, 0.2) is 9.84 Å². The Morgan fingerprint density at radius 1 is 1.42 bits per heavy atom. The van der Waals surface area contributed by atoms with E-state index in [2.05, 4.69) is 6.92 Å². The van der Waals surface area contributed by atoms with Crippen LogP contribution in [0.3, 0.4) is 0 Å². The summed E-state index contributed by atoms with van der Waals surface area (Å²) in [6.45, 7) is 10.6. The monoisotopic (exact) mass is 309 g/mol. The third kappa shape index (κ3) is 8.16. The Hall–Kier alpha value is -0.680. The molecule has 0 amide bonds. The average Bonchev–Trinajstić information content (AvgIpc) is 2.24. The quantitative estimate of drug-likeness (QED) is 0.559. The van der Waals surface area contributed by atoms with E-state index in [1.165, 1.54) is 13.0 Å². The van der Waals surface area contributed by atoms with Crippen LogP contribution in [0.2, 0.25) is 0 Å². The number of allylic oxidation sites excluding steroid dienone is 1. The molecule has 0 aromatic carbocycles. The maximum absolute atomic E-state index is 11.5. The lowest BCUT2D eigenvalue weighted by molar-refractivity contribution is -0.155. The second-order valence-corrected chi connectivity index (χ2v) is 8.14. The summed E-state index contributed by atoms with van der Waals surface area (Å²) in [5, 5.41) is 0. The van der Waals surface area contributed by atoms with E-state index in [0.29, 0.717) is 6.42 Å². The summed E-state index contributed by atoms with van der Waals surface area (Å²) in [5.41, 5.74) is -0.521. The lowest BCUT2D eigenvalue weighted by Gasteiger charge is -2.19. The molecule has 1 atom stereocenters. The summed E-state index contributed by atoms with van der Waals surface area (Å²) >= 11 is 5.71. The zero-order valence-corrected chi connectivity index (χ0v) is 13.5. The van der Waals surface area contributed by atoms with Crippen molar-refractivity contribution in [1.82, 2.24) is 0 Å². The molecule has 19 heavy (non-hydrogen) atoms. The molecule has 0 heterocycles. The highest BCUT2D eigenvalue weighted by molar-refractivity contribution is 7.96. The van der Waals surface area contributed by atoms with E-state index < -0.39 is 15.4 Å². The summed E-state index contributed by atoms with van der Waals surface area (Å²) in [6, 6.07) is 0. The maximum Gasteiger partial charge on any atom is 0.306 e. The Labute approximate surface area is 121 Å². The molecule has 110 valence electrons. The highest BCUT2D eigenvalue weighted by Gasteiger charge is 2.20. The molecule has 0 N–H and O–H groups in total. The highest BCUT2D eigenvalue weighted by atomic mass is 35.5. The van der Waals surface area contributed by atoms with Crippen molar-refractivity contribution in [2.24, 2.45) is 5.92 Å². The van der Waals surface area contributed by atoms with E-state index in [0.717, 1.165) is 0 Å². The number of carbonyl (C=O) groups is 1. The predicted molar refractivity (Wildman–Crippen MR) is 77.3 cm³/mol. The molecule has 0 aliphatic rings. The number of halogens is 1. The smallest absolute Gasteiger partial charge is 0.306 e. The number of rotatable bonds is 6. The molecule has 0 rings (SSSR count). The van der Waals surface area contributed by atoms with Crippen LogP contribution in [0.4, 0.5) is 0 Å². The van der Waals surface area contributed by atoms with E-state index in [1.807, 2.05) is 0 Å². The first kappa shape index (κ1) is 18.3. The van der Waals surface area contributed by atoms with E-state index in [1.54, 1.807) is 20.8 Å². The van der Waals surface area contributed by atoms with Gasteiger partial charge >= 0.3 is 5.97 Å². The van der Waals surface area contributed by atoms with Crippen molar-refractivity contribution in [2.45, 2.75) is 46.1 Å². The average molecular weight is 310 g/mol. The molecule has 0 aliphatic carbocycles. The van der Waals surface area contributed by atoms with Gasteiger partial charge in [0.2, 0.25) is 0 Å². The van der Waals surface area contributed by atoms with Crippen molar-refractivity contribution in [3.05, 3.63) is 17.4 Å². The van der Waals surface area contributed by atoms with Crippen LogP contribution in [0.1, 0.15) is 40.5 Å². The van der Waals surface area contributed by atoms with Crippen molar-refractivity contribution >= 4 is 27.4 Å². The number of hydrogen-bond acceptors (Lipinski definition) is 4. The van der Waals surface area contributed by atoms with Gasteiger partial charge in [-0.2, -0.15) is 0 Å². The van der Waals surface area contributed by atoms with Crippen LogP contribution in [-0.4, -0.2) is 25.7 Å². The lowest BCUT2D eigenvalue weighted by Crippen LogP contribution is -2.23. The maximum atomic E-state index is 11.5. The van der Waals surface area contributed by atoms with Gasteiger partial charge in [-0.3, -0.25) is 4.79 Å². The van der Waals surface area contributed by atoms with Gasteiger partial charge < -0.3 is 4.74 Å². The molecule has 0 spiro atoms. The summed E-state index contributed by atoms with van der Waals surface area (Å²) in [4.78, 5) is 11.5. The van der Waals surface area contributed by atoms with Gasteiger partial charge in [-0.1, -0.05) is 18.5 Å². The number of ether oxygens (including phenoxy) is 1. The van der Waals surface area contributed by atoms with Gasteiger partial charge in [-0.25, -0.2) is 8.42 Å². The Morgan fingerprint density at radius 2 is 1.95 bits per heavy atom. The van der Waals surface area contributed by atoms with Gasteiger partial charge in [0.1, 0.15) is 15.9 Å². The first-order chi connectivity index (χ1) is 8.48. The van der Waals surface area contributed by atoms with Crippen LogP contribution in [0.15, 0.2) is 10.4 Å². The first-order valence-electron chi connectivity index (χ1n) is 6.13. The van der Waals surface area contributed by atoms with Crippen molar-refractivity contribution in [2.75, 3.05) is 5.75 Å². The third-order valence-corrected chi connectivity index (χ3v) is 4.50. The van der Waals surface area contributed by atoms with Gasteiger partial charge in [-0.05, 0) is 26.8 Å². The molecule has 0 fully saturated rings. The Bertz CT molecular complexity index is 432. The number of hydrogen-bond donors (Lipinski definition) is 0. The van der Waals surface area contributed by atoms with Crippen molar-refractivity contribution in [3.8, 4) is 0 Å². The summed E-state index contributed by atoms with van der Waals surface area (Å²) < 4.78 is 27.8. The summed E-state index contributed by atoms with van der Waals surface area (Å²) in [7, 11) is -3.39. The van der Waals surface area contributed by atoms with Crippen LogP contribution in [0, 0.1) is 12.8 Å². The second kappa shape index (κ2) is 7.20. The summed E-state index contributed by atoms with van der Waals surface area (Å²) in [5.74, 6) is -0.730. The van der Waals surface area contributed by atoms with Gasteiger partial charge in [-0.15, -0.1) is 0 Å². The molecule has 0 aromatic heterocycles. The topological polar surface area (TPSA) is 60.4 Å². The lowest BCUT2D eigenvalue weighted by atomic mass is 10.1. The number of carbonyl (C=O) groups excluding carboxylic acids is 1.